The molecule has 1 aliphatic heterocycles. The first-order valence-corrected chi connectivity index (χ1v) is 8.81. The van der Waals surface area contributed by atoms with Gasteiger partial charge in [-0.1, -0.05) is 48.2 Å². The molecule has 3 aromatic rings. The van der Waals surface area contributed by atoms with E-state index in [1.54, 1.807) is 30.8 Å². The Labute approximate surface area is 149 Å². The Hall–Kier alpha value is -2.79. The topological polar surface area (TPSA) is 62.0 Å². The number of hydrogen-bond donors (Lipinski definition) is 2. The molecule has 1 amide bonds. The van der Waals surface area contributed by atoms with Crippen LogP contribution < -0.4 is 10.9 Å². The van der Waals surface area contributed by atoms with Gasteiger partial charge in [-0.3, -0.25) is 9.59 Å². The van der Waals surface area contributed by atoms with Gasteiger partial charge in [0.1, 0.15) is 5.56 Å². The summed E-state index contributed by atoms with van der Waals surface area (Å²) in [4.78, 5) is 29.7. The minimum Gasteiger partial charge on any atom is -0.341 e. The van der Waals surface area contributed by atoms with E-state index in [9.17, 15) is 9.59 Å². The van der Waals surface area contributed by atoms with Crippen LogP contribution in [0.5, 0.6) is 0 Å². The van der Waals surface area contributed by atoms with Crippen LogP contribution in [0, 0.1) is 6.92 Å². The maximum absolute atomic E-state index is 12.7. The summed E-state index contributed by atoms with van der Waals surface area (Å²) in [6.45, 7) is 1.79. The molecule has 2 N–H and O–H groups in total. The predicted molar refractivity (Wildman–Crippen MR) is 98.1 cm³/mol. The third kappa shape index (κ3) is 2.87. The monoisotopic (exact) mass is 348 g/mol. The molecule has 0 unspecified atom stereocenters. The fourth-order valence-electron chi connectivity index (χ4n) is 3.03. The number of H-pyrrole nitrogens is 1. The predicted octanol–water partition coefficient (Wildman–Crippen LogP) is 3.67. The van der Waals surface area contributed by atoms with E-state index in [2.05, 4.69) is 10.3 Å². The van der Waals surface area contributed by atoms with Crippen LogP contribution in [0.25, 0.3) is 0 Å². The summed E-state index contributed by atoms with van der Waals surface area (Å²) in [5, 5.41) is 3.04. The van der Waals surface area contributed by atoms with Crippen LogP contribution in [0.4, 0.5) is 0 Å². The molecule has 5 heteroatoms. The van der Waals surface area contributed by atoms with Gasteiger partial charge in [0, 0.05) is 15.5 Å². The number of fused-ring (bicyclic) bond motifs is 2. The third-order valence-electron chi connectivity index (χ3n) is 4.26. The van der Waals surface area contributed by atoms with E-state index in [4.69, 9.17) is 0 Å². The molecule has 124 valence electrons. The lowest BCUT2D eigenvalue weighted by Crippen LogP contribution is -2.34. The highest BCUT2D eigenvalue weighted by molar-refractivity contribution is 7.99. The van der Waals surface area contributed by atoms with Crippen LogP contribution >= 0.6 is 11.8 Å². The number of carbonyl (C=O) groups is 1. The van der Waals surface area contributed by atoms with Gasteiger partial charge >= 0.3 is 0 Å². The van der Waals surface area contributed by atoms with Gasteiger partial charge in [0.05, 0.1) is 6.04 Å². The number of carbonyl (C=O) groups excluding carboxylic acids is 1. The van der Waals surface area contributed by atoms with Crippen molar-refractivity contribution in [2.75, 3.05) is 0 Å². The summed E-state index contributed by atoms with van der Waals surface area (Å²) >= 11 is 1.70. The molecule has 25 heavy (non-hydrogen) atoms. The number of pyridine rings is 1. The molecule has 0 spiro atoms. The standard InChI is InChI=1S/C20H16N2O2S/c1-12-10-11-15(19(23)21-12)20(24)22-18-13-6-2-4-8-16(13)25-17-9-5-3-7-14(17)18/h2-11,18H,1H3,(H,21,23)(H,22,24). The minimum absolute atomic E-state index is 0.124. The normalized spacial score (nSPS) is 13.0. The Morgan fingerprint density at radius 2 is 1.56 bits per heavy atom. The highest BCUT2D eigenvalue weighted by Gasteiger charge is 2.27. The second-order valence-corrected chi connectivity index (χ2v) is 7.05. The molecule has 4 nitrogen and oxygen atoms in total. The molecule has 2 aromatic carbocycles. The van der Waals surface area contributed by atoms with E-state index in [-0.39, 0.29) is 23.1 Å². The van der Waals surface area contributed by atoms with Crippen molar-refractivity contribution in [3.8, 4) is 0 Å². The van der Waals surface area contributed by atoms with Crippen molar-refractivity contribution in [2.45, 2.75) is 22.8 Å². The van der Waals surface area contributed by atoms with Crippen LogP contribution in [0.15, 0.2) is 75.2 Å². The first kappa shape index (κ1) is 15.7. The molecule has 0 atom stereocenters. The Kier molecular flexibility index (Phi) is 3.93. The number of nitrogens with one attached hydrogen (secondary N) is 2. The average molecular weight is 348 g/mol. The van der Waals surface area contributed by atoms with E-state index in [1.807, 2.05) is 48.5 Å². The molecule has 0 saturated heterocycles. The maximum atomic E-state index is 12.7. The summed E-state index contributed by atoms with van der Waals surface area (Å²) < 4.78 is 0. The fraction of sp³-hybridized carbons (Fsp3) is 0.100. The molecule has 0 radical (unpaired) electrons. The van der Waals surface area contributed by atoms with E-state index in [1.165, 1.54) is 0 Å². The van der Waals surface area contributed by atoms with Crippen molar-refractivity contribution in [1.82, 2.24) is 10.3 Å². The van der Waals surface area contributed by atoms with Crippen molar-refractivity contribution in [3.05, 3.63) is 93.4 Å². The first-order chi connectivity index (χ1) is 12.1. The second-order valence-electron chi connectivity index (χ2n) is 5.97. The van der Waals surface area contributed by atoms with Gasteiger partial charge in [-0.05, 0) is 42.3 Å². The second kappa shape index (κ2) is 6.26. The minimum atomic E-state index is -0.372. The zero-order valence-electron chi connectivity index (χ0n) is 13.6. The smallest absolute Gasteiger partial charge is 0.260 e. The maximum Gasteiger partial charge on any atom is 0.260 e. The summed E-state index contributed by atoms with van der Waals surface area (Å²) in [6.07, 6.45) is 0. The molecule has 0 aliphatic carbocycles. The Bertz CT molecular complexity index is 980. The summed E-state index contributed by atoms with van der Waals surface area (Å²) in [7, 11) is 0. The van der Waals surface area contributed by atoms with Crippen molar-refractivity contribution in [1.29, 1.82) is 0 Å². The molecular weight excluding hydrogens is 332 g/mol. The number of amides is 1. The molecule has 0 bridgehead atoms. The van der Waals surface area contributed by atoms with Gasteiger partial charge in [0.15, 0.2) is 0 Å². The van der Waals surface area contributed by atoms with Gasteiger partial charge in [0.25, 0.3) is 11.5 Å². The van der Waals surface area contributed by atoms with Crippen molar-refractivity contribution < 1.29 is 4.79 Å². The van der Waals surface area contributed by atoms with Crippen molar-refractivity contribution in [2.24, 2.45) is 0 Å². The zero-order chi connectivity index (χ0) is 17.4. The highest BCUT2D eigenvalue weighted by Crippen LogP contribution is 2.44. The largest absolute Gasteiger partial charge is 0.341 e. The Morgan fingerprint density at radius 3 is 2.16 bits per heavy atom. The lowest BCUT2D eigenvalue weighted by molar-refractivity contribution is 0.0940. The summed E-state index contributed by atoms with van der Waals surface area (Å²) in [6, 6.07) is 19.1. The lowest BCUT2D eigenvalue weighted by Gasteiger charge is -2.28. The molecule has 1 aliphatic rings. The van der Waals surface area contributed by atoms with Gasteiger partial charge in [-0.2, -0.15) is 0 Å². The number of benzene rings is 2. The van der Waals surface area contributed by atoms with Crippen molar-refractivity contribution in [3.63, 3.8) is 0 Å². The average Bonchev–Trinajstić information content (AvgIpc) is 2.61. The quantitative estimate of drug-likeness (QED) is 0.743. The van der Waals surface area contributed by atoms with Gasteiger partial charge in [-0.15, -0.1) is 0 Å². The van der Waals surface area contributed by atoms with Gasteiger partial charge < -0.3 is 10.3 Å². The van der Waals surface area contributed by atoms with Crippen LogP contribution in [0.3, 0.4) is 0 Å². The molecular formula is C20H16N2O2S. The Morgan fingerprint density at radius 1 is 0.960 bits per heavy atom. The van der Waals surface area contributed by atoms with E-state index < -0.39 is 0 Å². The molecule has 4 rings (SSSR count). The number of aromatic nitrogens is 1. The van der Waals surface area contributed by atoms with Crippen LogP contribution in [0.1, 0.15) is 33.2 Å². The van der Waals surface area contributed by atoms with Crippen LogP contribution in [-0.4, -0.2) is 10.9 Å². The third-order valence-corrected chi connectivity index (χ3v) is 5.44. The van der Waals surface area contributed by atoms with Gasteiger partial charge in [0.2, 0.25) is 0 Å². The molecule has 1 aromatic heterocycles. The SMILES string of the molecule is Cc1ccc(C(=O)NC2c3ccccc3Sc3ccccc32)c(=O)[nH]1. The number of aromatic amines is 1. The molecule has 0 saturated carbocycles. The van der Waals surface area contributed by atoms with Crippen LogP contribution in [-0.2, 0) is 0 Å². The lowest BCUT2D eigenvalue weighted by atomic mass is 9.97. The fourth-order valence-corrected chi connectivity index (χ4v) is 4.16. The zero-order valence-corrected chi connectivity index (χ0v) is 14.4. The summed E-state index contributed by atoms with van der Waals surface area (Å²) in [5.41, 5.74) is 2.57. The molecule has 2 heterocycles. The van der Waals surface area contributed by atoms with E-state index in [0.717, 1.165) is 26.6 Å². The summed E-state index contributed by atoms with van der Waals surface area (Å²) in [5.74, 6) is -0.372. The van der Waals surface area contributed by atoms with E-state index in [0.29, 0.717) is 0 Å². The van der Waals surface area contributed by atoms with Gasteiger partial charge in [-0.25, -0.2) is 0 Å². The number of rotatable bonds is 2. The van der Waals surface area contributed by atoms with E-state index >= 15 is 0 Å². The Balaban J connectivity index is 1.75. The highest BCUT2D eigenvalue weighted by atomic mass is 32.2. The molecule has 0 fully saturated rings. The number of hydrogen-bond acceptors (Lipinski definition) is 3. The van der Waals surface area contributed by atoms with Crippen LogP contribution in [0.2, 0.25) is 0 Å². The number of aryl methyl sites for hydroxylation is 1. The van der Waals surface area contributed by atoms with Crippen molar-refractivity contribution >= 4 is 17.7 Å². The first-order valence-electron chi connectivity index (χ1n) is 8.00.